The van der Waals surface area contributed by atoms with E-state index in [1.54, 1.807) is 0 Å². The van der Waals surface area contributed by atoms with Crippen LogP contribution in [0.25, 0.3) is 6.08 Å². The summed E-state index contributed by atoms with van der Waals surface area (Å²) in [6.45, 7) is 3.65. The molecule has 0 aromatic carbocycles. The van der Waals surface area contributed by atoms with Gasteiger partial charge in [0.1, 0.15) is 7.05 Å². The zero-order valence-corrected chi connectivity index (χ0v) is 7.51. The molecule has 54 valence electrons. The molecule has 1 nitrogen and oxygen atoms in total. The maximum atomic E-state index is 3.65. The first kappa shape index (κ1) is 9.37. The molecule has 0 spiro atoms. The van der Waals surface area contributed by atoms with Gasteiger partial charge in [-0.1, -0.05) is 12.7 Å². The molecule has 0 bridgehead atoms. The number of nitrogens with zero attached hydrogens (tertiary/aromatic N) is 1. The van der Waals surface area contributed by atoms with Crippen LogP contribution >= 0.6 is 0 Å². The van der Waals surface area contributed by atoms with E-state index in [1.807, 2.05) is 42.2 Å². The summed E-state index contributed by atoms with van der Waals surface area (Å²) in [4.78, 5) is 0. The van der Waals surface area contributed by atoms with Crippen LogP contribution in [0.1, 0.15) is 5.56 Å². The molecule has 1 aromatic rings. The molecule has 0 aliphatic rings. The minimum atomic E-state index is 0. The average molecular weight is 200 g/mol. The van der Waals surface area contributed by atoms with Crippen LogP contribution in [0.2, 0.25) is 0 Å². The van der Waals surface area contributed by atoms with Gasteiger partial charge < -0.3 is 17.0 Å². The lowest BCUT2D eigenvalue weighted by Crippen LogP contribution is -3.00. The molecule has 0 saturated carbocycles. The highest BCUT2D eigenvalue weighted by molar-refractivity contribution is 5.44. The number of rotatable bonds is 1. The molecule has 1 heterocycles. The Balaban J connectivity index is 0.000000810. The Kier molecular flexibility index (Phi) is 3.96. The summed E-state index contributed by atoms with van der Waals surface area (Å²) in [5.74, 6) is 0. The largest absolute Gasteiger partial charge is 1.00 e. The predicted molar refractivity (Wildman–Crippen MR) is 37.7 cm³/mol. The van der Waals surface area contributed by atoms with Crippen molar-refractivity contribution in [1.29, 1.82) is 0 Å². The van der Waals surface area contributed by atoms with E-state index in [9.17, 15) is 0 Å². The highest BCUT2D eigenvalue weighted by Gasteiger charge is 1.87. The molecule has 0 radical (unpaired) electrons. The number of hydrogen-bond acceptors (Lipinski definition) is 0. The zero-order valence-electron chi connectivity index (χ0n) is 5.92. The number of hydrogen-bond donors (Lipinski definition) is 0. The van der Waals surface area contributed by atoms with Crippen molar-refractivity contribution in [3.8, 4) is 0 Å². The fraction of sp³-hybridized carbons (Fsp3) is 0.125. The van der Waals surface area contributed by atoms with Crippen LogP contribution in [-0.4, -0.2) is 0 Å². The van der Waals surface area contributed by atoms with Crippen LogP contribution in [0.4, 0.5) is 0 Å². The van der Waals surface area contributed by atoms with E-state index in [-0.39, 0.29) is 17.0 Å². The lowest BCUT2D eigenvalue weighted by Gasteiger charge is -1.86. The van der Waals surface area contributed by atoms with Gasteiger partial charge in [0.05, 0.1) is 0 Å². The lowest BCUT2D eigenvalue weighted by molar-refractivity contribution is -0.671. The molecule has 0 atom stereocenters. The summed E-state index contributed by atoms with van der Waals surface area (Å²) < 4.78 is 1.99. The lowest BCUT2D eigenvalue weighted by atomic mass is 10.3. The molecule has 0 amide bonds. The van der Waals surface area contributed by atoms with E-state index < -0.39 is 0 Å². The highest BCUT2D eigenvalue weighted by atomic mass is 79.9. The quantitative estimate of drug-likeness (QED) is 0.469. The smallest absolute Gasteiger partial charge is 0.169 e. The second-order valence-corrected chi connectivity index (χ2v) is 2.00. The second-order valence-electron chi connectivity index (χ2n) is 2.00. The molecular formula is C8H10BrN. The number of aryl methyl sites for hydroxylation is 1. The van der Waals surface area contributed by atoms with Gasteiger partial charge in [0.2, 0.25) is 0 Å². The van der Waals surface area contributed by atoms with Crippen LogP contribution in [-0.2, 0) is 7.05 Å². The second kappa shape index (κ2) is 4.23. The Morgan fingerprint density at radius 1 is 1.40 bits per heavy atom. The highest BCUT2D eigenvalue weighted by Crippen LogP contribution is 1.94. The molecule has 1 aromatic heterocycles. The van der Waals surface area contributed by atoms with Gasteiger partial charge in [0, 0.05) is 12.1 Å². The van der Waals surface area contributed by atoms with E-state index in [0.29, 0.717) is 0 Å². The predicted octanol–water partition coefficient (Wildman–Crippen LogP) is -1.84. The van der Waals surface area contributed by atoms with Gasteiger partial charge in [-0.05, 0) is 5.56 Å². The van der Waals surface area contributed by atoms with Gasteiger partial charge >= 0.3 is 0 Å². The molecule has 0 fully saturated rings. The fourth-order valence-corrected chi connectivity index (χ4v) is 0.649. The first-order chi connectivity index (χ1) is 4.33. The molecular weight excluding hydrogens is 190 g/mol. The Hall–Kier alpha value is -0.630. The Morgan fingerprint density at radius 2 is 1.90 bits per heavy atom. The van der Waals surface area contributed by atoms with E-state index in [1.165, 1.54) is 0 Å². The maximum Gasteiger partial charge on any atom is 0.169 e. The van der Waals surface area contributed by atoms with E-state index in [0.717, 1.165) is 5.56 Å². The Morgan fingerprint density at radius 3 is 2.30 bits per heavy atom. The molecule has 0 unspecified atom stereocenters. The van der Waals surface area contributed by atoms with Gasteiger partial charge in [0.15, 0.2) is 12.4 Å². The van der Waals surface area contributed by atoms with Crippen LogP contribution < -0.4 is 21.5 Å². The minimum absolute atomic E-state index is 0. The van der Waals surface area contributed by atoms with E-state index in [4.69, 9.17) is 0 Å². The summed E-state index contributed by atoms with van der Waals surface area (Å²) in [5, 5.41) is 0. The summed E-state index contributed by atoms with van der Waals surface area (Å²) in [6, 6.07) is 4.04. The van der Waals surface area contributed by atoms with Crippen molar-refractivity contribution in [3.05, 3.63) is 36.7 Å². The van der Waals surface area contributed by atoms with Crippen molar-refractivity contribution < 1.29 is 21.5 Å². The third-order valence-electron chi connectivity index (χ3n) is 1.24. The van der Waals surface area contributed by atoms with Crippen molar-refractivity contribution in [2.75, 3.05) is 0 Å². The van der Waals surface area contributed by atoms with Crippen molar-refractivity contribution >= 4 is 6.08 Å². The molecule has 0 N–H and O–H groups in total. The molecule has 0 saturated heterocycles. The van der Waals surface area contributed by atoms with Crippen LogP contribution in [0.5, 0.6) is 0 Å². The molecule has 1 rings (SSSR count). The zero-order chi connectivity index (χ0) is 6.69. The van der Waals surface area contributed by atoms with Crippen LogP contribution in [0.15, 0.2) is 31.1 Å². The summed E-state index contributed by atoms with van der Waals surface area (Å²) >= 11 is 0. The van der Waals surface area contributed by atoms with Crippen molar-refractivity contribution in [3.63, 3.8) is 0 Å². The monoisotopic (exact) mass is 199 g/mol. The summed E-state index contributed by atoms with van der Waals surface area (Å²) in [7, 11) is 1.99. The SMILES string of the molecule is C=Cc1cc[n+](C)cc1.[Br-]. The van der Waals surface area contributed by atoms with E-state index >= 15 is 0 Å². The normalized spacial score (nSPS) is 8.10. The first-order valence-electron chi connectivity index (χ1n) is 2.90. The third kappa shape index (κ3) is 2.31. The van der Waals surface area contributed by atoms with Crippen LogP contribution in [0.3, 0.4) is 0 Å². The number of pyridine rings is 1. The standard InChI is InChI=1S/C8H10N.BrH/c1-3-8-4-6-9(2)7-5-8;/h3-7H,1H2,2H3;1H/q+1;/p-1. The van der Waals surface area contributed by atoms with Crippen molar-refractivity contribution in [1.82, 2.24) is 0 Å². The fourth-order valence-electron chi connectivity index (χ4n) is 0.649. The molecule has 10 heavy (non-hydrogen) atoms. The molecule has 0 aliphatic carbocycles. The van der Waals surface area contributed by atoms with Gasteiger partial charge in [-0.2, -0.15) is 0 Å². The van der Waals surface area contributed by atoms with E-state index in [2.05, 4.69) is 6.58 Å². The Labute approximate surface area is 71.8 Å². The third-order valence-corrected chi connectivity index (χ3v) is 1.24. The van der Waals surface area contributed by atoms with Gasteiger partial charge in [0.25, 0.3) is 0 Å². The summed E-state index contributed by atoms with van der Waals surface area (Å²) in [6.07, 6.45) is 5.83. The maximum absolute atomic E-state index is 3.65. The summed E-state index contributed by atoms with van der Waals surface area (Å²) in [5.41, 5.74) is 1.16. The van der Waals surface area contributed by atoms with Gasteiger partial charge in [-0.25, -0.2) is 4.57 Å². The molecule has 0 aliphatic heterocycles. The Bertz CT molecular complexity index is 203. The number of aromatic nitrogens is 1. The van der Waals surface area contributed by atoms with Crippen molar-refractivity contribution in [2.24, 2.45) is 7.05 Å². The van der Waals surface area contributed by atoms with Gasteiger partial charge in [-0.3, -0.25) is 0 Å². The first-order valence-corrected chi connectivity index (χ1v) is 2.90. The van der Waals surface area contributed by atoms with Crippen molar-refractivity contribution in [2.45, 2.75) is 0 Å². The molecule has 2 heteroatoms. The average Bonchev–Trinajstić information content (AvgIpc) is 1.90. The van der Waals surface area contributed by atoms with Gasteiger partial charge in [-0.15, -0.1) is 0 Å². The minimum Gasteiger partial charge on any atom is -1.00 e. The van der Waals surface area contributed by atoms with Crippen LogP contribution in [0, 0.1) is 0 Å². The number of halogens is 1. The topological polar surface area (TPSA) is 3.88 Å².